The van der Waals surface area contributed by atoms with E-state index in [1.807, 2.05) is 0 Å². The van der Waals surface area contributed by atoms with E-state index in [9.17, 15) is 9.59 Å². The molecule has 2 N–H and O–H groups in total. The average Bonchev–Trinajstić information content (AvgIpc) is 2.88. The summed E-state index contributed by atoms with van der Waals surface area (Å²) in [5.41, 5.74) is 0.533. The van der Waals surface area contributed by atoms with Gasteiger partial charge in [-0.1, -0.05) is 35.5 Å². The first kappa shape index (κ1) is 14.5. The number of thioether (sulfide) groups is 1. The van der Waals surface area contributed by atoms with Gasteiger partial charge >= 0.3 is 5.97 Å². The Morgan fingerprint density at radius 3 is 2.65 bits per heavy atom. The first-order valence-electron chi connectivity index (χ1n) is 5.56. The third-order valence-corrected chi connectivity index (χ3v) is 3.53. The maximum atomic E-state index is 11.7. The van der Waals surface area contributed by atoms with Gasteiger partial charge < -0.3 is 14.8 Å². The lowest BCUT2D eigenvalue weighted by atomic mass is 10.3. The van der Waals surface area contributed by atoms with Crippen LogP contribution in [-0.2, 0) is 4.79 Å². The summed E-state index contributed by atoms with van der Waals surface area (Å²) in [6, 6.07) is 9.76. The van der Waals surface area contributed by atoms with Gasteiger partial charge in [0.2, 0.25) is 11.7 Å². The molecule has 104 valence electrons. The Morgan fingerprint density at radius 2 is 2.00 bits per heavy atom. The molecular formula is C13H10ClNO4S. The van der Waals surface area contributed by atoms with Gasteiger partial charge in [0.05, 0.1) is 16.5 Å². The predicted molar refractivity (Wildman–Crippen MR) is 76.5 cm³/mol. The van der Waals surface area contributed by atoms with Crippen LogP contribution in [0.25, 0.3) is 0 Å². The minimum absolute atomic E-state index is 0.0950. The van der Waals surface area contributed by atoms with E-state index in [4.69, 9.17) is 21.1 Å². The Balaban J connectivity index is 1.89. The van der Waals surface area contributed by atoms with E-state index >= 15 is 0 Å². The van der Waals surface area contributed by atoms with Crippen LogP contribution in [0.2, 0.25) is 5.02 Å². The molecule has 0 radical (unpaired) electrons. The fraction of sp³-hybridized carbons (Fsp3) is 0.0769. The van der Waals surface area contributed by atoms with E-state index in [0.717, 1.165) is 11.8 Å². The Labute approximate surface area is 123 Å². The Bertz CT molecular complexity index is 641. The standard InChI is InChI=1S/C13H10ClNO4S/c14-8-3-1-2-4-9(8)15-11(16)7-20-12-6-5-10(19-12)13(17)18/h1-6H,7H2,(H,15,16)(H,17,18). The molecule has 0 atom stereocenters. The SMILES string of the molecule is O=C(CSc1ccc(C(=O)O)o1)Nc1ccccc1Cl. The van der Waals surface area contributed by atoms with Crippen molar-refractivity contribution in [3.63, 3.8) is 0 Å². The molecule has 0 saturated heterocycles. The summed E-state index contributed by atoms with van der Waals surface area (Å²) in [4.78, 5) is 22.4. The number of carboxylic acid groups (broad SMARTS) is 1. The number of anilines is 1. The topological polar surface area (TPSA) is 79.5 Å². The summed E-state index contributed by atoms with van der Waals surface area (Å²) in [6.07, 6.45) is 0. The number of rotatable bonds is 5. The second-order valence-corrected chi connectivity index (χ2v) is 5.13. The monoisotopic (exact) mass is 311 g/mol. The predicted octanol–water partition coefficient (Wildman–Crippen LogP) is 3.36. The number of para-hydroxylation sites is 1. The van der Waals surface area contributed by atoms with Crippen LogP contribution in [0, 0.1) is 0 Å². The van der Waals surface area contributed by atoms with E-state index in [1.165, 1.54) is 12.1 Å². The van der Waals surface area contributed by atoms with E-state index < -0.39 is 5.97 Å². The molecule has 7 heteroatoms. The van der Waals surface area contributed by atoms with Crippen molar-refractivity contribution in [2.75, 3.05) is 11.1 Å². The van der Waals surface area contributed by atoms with Crippen LogP contribution in [0.1, 0.15) is 10.6 Å². The van der Waals surface area contributed by atoms with Gasteiger partial charge in [-0.25, -0.2) is 4.79 Å². The summed E-state index contributed by atoms with van der Waals surface area (Å²) >= 11 is 7.03. The second kappa shape index (κ2) is 6.49. The molecule has 1 aromatic carbocycles. The lowest BCUT2D eigenvalue weighted by Gasteiger charge is -2.05. The van der Waals surface area contributed by atoms with Crippen molar-refractivity contribution >= 4 is 40.9 Å². The Morgan fingerprint density at radius 1 is 1.25 bits per heavy atom. The molecule has 1 heterocycles. The molecule has 0 aliphatic rings. The number of halogens is 1. The van der Waals surface area contributed by atoms with E-state index in [0.29, 0.717) is 15.8 Å². The Kier molecular flexibility index (Phi) is 4.70. The zero-order valence-corrected chi connectivity index (χ0v) is 11.7. The van der Waals surface area contributed by atoms with Crippen molar-refractivity contribution in [2.24, 2.45) is 0 Å². The Hall–Kier alpha value is -1.92. The first-order valence-corrected chi connectivity index (χ1v) is 6.93. The van der Waals surface area contributed by atoms with Crippen molar-refractivity contribution < 1.29 is 19.1 Å². The number of benzene rings is 1. The molecule has 0 saturated carbocycles. The molecule has 0 aliphatic heterocycles. The molecule has 0 bridgehead atoms. The zero-order valence-electron chi connectivity index (χ0n) is 10.1. The minimum Gasteiger partial charge on any atom is -0.475 e. The van der Waals surface area contributed by atoms with Crippen molar-refractivity contribution in [1.29, 1.82) is 0 Å². The van der Waals surface area contributed by atoms with Gasteiger partial charge in [-0.05, 0) is 24.3 Å². The van der Waals surface area contributed by atoms with Crippen LogP contribution in [0.3, 0.4) is 0 Å². The van der Waals surface area contributed by atoms with Crippen LogP contribution in [0.4, 0.5) is 5.69 Å². The molecule has 5 nitrogen and oxygen atoms in total. The number of furan rings is 1. The maximum Gasteiger partial charge on any atom is 0.371 e. The first-order chi connectivity index (χ1) is 9.56. The number of amides is 1. The fourth-order valence-electron chi connectivity index (χ4n) is 1.40. The van der Waals surface area contributed by atoms with Gasteiger partial charge in [-0.15, -0.1) is 0 Å². The number of carboxylic acids is 1. The average molecular weight is 312 g/mol. The number of aromatic carboxylic acids is 1. The molecule has 0 aliphatic carbocycles. The zero-order chi connectivity index (χ0) is 14.5. The quantitative estimate of drug-likeness (QED) is 0.828. The summed E-state index contributed by atoms with van der Waals surface area (Å²) in [7, 11) is 0. The highest BCUT2D eigenvalue weighted by atomic mass is 35.5. The largest absolute Gasteiger partial charge is 0.475 e. The molecule has 0 fully saturated rings. The van der Waals surface area contributed by atoms with E-state index in [1.54, 1.807) is 24.3 Å². The molecular weight excluding hydrogens is 302 g/mol. The summed E-state index contributed by atoms with van der Waals surface area (Å²) < 4.78 is 5.03. The minimum atomic E-state index is -1.14. The van der Waals surface area contributed by atoms with Gasteiger partial charge in [-0.3, -0.25) is 4.79 Å². The summed E-state index contributed by atoms with van der Waals surface area (Å²) in [6.45, 7) is 0. The molecule has 0 unspecified atom stereocenters. The number of nitrogens with one attached hydrogen (secondary N) is 1. The van der Waals surface area contributed by atoms with Crippen molar-refractivity contribution in [3.8, 4) is 0 Å². The van der Waals surface area contributed by atoms with Crippen LogP contribution in [-0.4, -0.2) is 22.7 Å². The van der Waals surface area contributed by atoms with Crippen LogP contribution in [0.5, 0.6) is 0 Å². The third-order valence-electron chi connectivity index (χ3n) is 2.29. The van der Waals surface area contributed by atoms with E-state index in [2.05, 4.69) is 5.32 Å². The summed E-state index contributed by atoms with van der Waals surface area (Å²) in [5.74, 6) is -1.45. The molecule has 2 rings (SSSR count). The smallest absolute Gasteiger partial charge is 0.371 e. The number of hydrogen-bond acceptors (Lipinski definition) is 4. The van der Waals surface area contributed by atoms with Gasteiger partial charge in [-0.2, -0.15) is 0 Å². The van der Waals surface area contributed by atoms with Crippen molar-refractivity contribution in [3.05, 3.63) is 47.2 Å². The second-order valence-electron chi connectivity index (χ2n) is 3.74. The van der Waals surface area contributed by atoms with Crippen LogP contribution >= 0.6 is 23.4 Å². The number of hydrogen-bond donors (Lipinski definition) is 2. The van der Waals surface area contributed by atoms with Gasteiger partial charge in [0.25, 0.3) is 0 Å². The molecule has 20 heavy (non-hydrogen) atoms. The van der Waals surface area contributed by atoms with Gasteiger partial charge in [0, 0.05) is 0 Å². The normalized spacial score (nSPS) is 10.2. The maximum absolute atomic E-state index is 11.7. The number of carbonyl (C=O) groups is 2. The van der Waals surface area contributed by atoms with Crippen LogP contribution < -0.4 is 5.32 Å². The highest BCUT2D eigenvalue weighted by Gasteiger charge is 2.11. The number of carbonyl (C=O) groups excluding carboxylic acids is 1. The summed E-state index contributed by atoms with van der Waals surface area (Å²) in [5, 5.41) is 12.2. The lowest BCUT2D eigenvalue weighted by Crippen LogP contribution is -2.14. The molecule has 1 amide bonds. The van der Waals surface area contributed by atoms with Crippen LogP contribution in [0.15, 0.2) is 45.9 Å². The molecule has 2 aromatic rings. The lowest BCUT2D eigenvalue weighted by molar-refractivity contribution is -0.113. The fourth-order valence-corrected chi connectivity index (χ4v) is 2.24. The van der Waals surface area contributed by atoms with E-state index in [-0.39, 0.29) is 17.4 Å². The van der Waals surface area contributed by atoms with Gasteiger partial charge in [0.1, 0.15) is 0 Å². The third kappa shape index (κ3) is 3.79. The van der Waals surface area contributed by atoms with Crippen molar-refractivity contribution in [2.45, 2.75) is 5.09 Å². The van der Waals surface area contributed by atoms with Gasteiger partial charge in [0.15, 0.2) is 5.09 Å². The molecule has 0 spiro atoms. The highest BCUT2D eigenvalue weighted by Crippen LogP contribution is 2.23. The molecule has 1 aromatic heterocycles. The van der Waals surface area contributed by atoms with Crippen molar-refractivity contribution in [1.82, 2.24) is 0 Å². The highest BCUT2D eigenvalue weighted by molar-refractivity contribution is 7.99.